The second-order valence-electron chi connectivity index (χ2n) is 7.28. The Morgan fingerprint density at radius 2 is 1.58 bits per heavy atom. The van der Waals surface area contributed by atoms with E-state index in [2.05, 4.69) is 29.5 Å². The van der Waals surface area contributed by atoms with Crippen molar-refractivity contribution in [1.29, 1.82) is 0 Å². The predicted molar refractivity (Wildman–Crippen MR) is 76.6 cm³/mol. The molecule has 4 saturated carbocycles. The lowest BCUT2D eigenvalue weighted by molar-refractivity contribution is -0.0736. The van der Waals surface area contributed by atoms with Crippen LogP contribution in [0.5, 0.6) is 0 Å². The molecule has 1 heterocycles. The summed E-state index contributed by atoms with van der Waals surface area (Å²) in [6.07, 6.45) is 12.8. The van der Waals surface area contributed by atoms with Crippen LogP contribution in [-0.2, 0) is 0 Å². The highest BCUT2D eigenvalue weighted by Gasteiger charge is 2.54. The van der Waals surface area contributed by atoms with Gasteiger partial charge in [-0.05, 0) is 86.4 Å². The molecule has 1 aromatic rings. The highest BCUT2D eigenvalue weighted by molar-refractivity contribution is 5.21. The van der Waals surface area contributed by atoms with Crippen LogP contribution in [-0.4, -0.2) is 12.0 Å². The van der Waals surface area contributed by atoms with Crippen molar-refractivity contribution in [1.82, 2.24) is 10.3 Å². The monoisotopic (exact) mass is 256 g/mol. The molecule has 0 spiro atoms. The molecular formula is C17H24N2. The predicted octanol–water partition coefficient (Wildman–Crippen LogP) is 3.56. The fourth-order valence-electron chi connectivity index (χ4n) is 5.91. The molecule has 4 aliphatic rings. The molecule has 1 unspecified atom stereocenters. The van der Waals surface area contributed by atoms with Gasteiger partial charge in [-0.15, -0.1) is 0 Å². The van der Waals surface area contributed by atoms with Crippen molar-refractivity contribution >= 4 is 0 Å². The molecule has 4 bridgehead atoms. The van der Waals surface area contributed by atoms with E-state index in [0.717, 1.165) is 17.8 Å². The number of rotatable bonds is 3. The lowest BCUT2D eigenvalue weighted by Gasteiger charge is -2.59. The molecule has 0 radical (unpaired) electrons. The highest BCUT2D eigenvalue weighted by Crippen LogP contribution is 2.63. The fraction of sp³-hybridized carbons (Fsp3) is 0.706. The summed E-state index contributed by atoms with van der Waals surface area (Å²) in [5, 5.41) is 3.65. The number of aromatic nitrogens is 1. The third kappa shape index (κ3) is 1.84. The molecule has 1 aromatic heterocycles. The minimum atomic E-state index is 0.531. The summed E-state index contributed by atoms with van der Waals surface area (Å²) in [7, 11) is 2.14. The van der Waals surface area contributed by atoms with E-state index in [1.807, 2.05) is 12.4 Å². The maximum absolute atomic E-state index is 4.18. The second-order valence-corrected chi connectivity index (χ2v) is 7.28. The summed E-state index contributed by atoms with van der Waals surface area (Å²) in [6, 6.07) is 4.95. The topological polar surface area (TPSA) is 24.9 Å². The van der Waals surface area contributed by atoms with Gasteiger partial charge in [-0.2, -0.15) is 0 Å². The molecule has 4 aliphatic carbocycles. The van der Waals surface area contributed by atoms with E-state index in [0.29, 0.717) is 11.5 Å². The van der Waals surface area contributed by atoms with Crippen LogP contribution in [0.25, 0.3) is 0 Å². The quantitative estimate of drug-likeness (QED) is 0.894. The first-order chi connectivity index (χ1) is 9.29. The molecule has 0 saturated heterocycles. The van der Waals surface area contributed by atoms with Gasteiger partial charge in [0.2, 0.25) is 0 Å². The molecule has 4 fully saturated rings. The molecule has 1 atom stereocenters. The van der Waals surface area contributed by atoms with Crippen molar-refractivity contribution in [3.63, 3.8) is 0 Å². The average Bonchev–Trinajstić information content (AvgIpc) is 2.38. The summed E-state index contributed by atoms with van der Waals surface area (Å²) in [5.41, 5.74) is 1.98. The Hall–Kier alpha value is -0.890. The number of nitrogens with one attached hydrogen (secondary N) is 1. The zero-order valence-corrected chi connectivity index (χ0v) is 11.8. The lowest BCUT2D eigenvalue weighted by Crippen LogP contribution is -2.51. The molecule has 0 aliphatic heterocycles. The standard InChI is InChI=1S/C17H24N2/c1-18-16(15-2-4-19-5-3-15)17-9-12-6-13(10-17)8-14(7-12)11-17/h2-5,12-14,16,18H,6-11H2,1H3. The zero-order chi connectivity index (χ0) is 12.9. The van der Waals surface area contributed by atoms with Crippen LogP contribution in [0.4, 0.5) is 0 Å². The van der Waals surface area contributed by atoms with Gasteiger partial charge in [0, 0.05) is 18.4 Å². The molecular weight excluding hydrogens is 232 g/mol. The number of pyridine rings is 1. The van der Waals surface area contributed by atoms with Crippen molar-refractivity contribution in [3.8, 4) is 0 Å². The minimum Gasteiger partial charge on any atom is -0.313 e. The van der Waals surface area contributed by atoms with Crippen molar-refractivity contribution < 1.29 is 0 Å². The van der Waals surface area contributed by atoms with Gasteiger partial charge < -0.3 is 5.32 Å². The van der Waals surface area contributed by atoms with E-state index in [1.54, 1.807) is 0 Å². The summed E-state index contributed by atoms with van der Waals surface area (Å²) >= 11 is 0. The van der Waals surface area contributed by atoms with Crippen LogP contribution in [0.2, 0.25) is 0 Å². The Morgan fingerprint density at radius 1 is 1.05 bits per heavy atom. The fourth-order valence-corrected chi connectivity index (χ4v) is 5.91. The largest absolute Gasteiger partial charge is 0.313 e. The smallest absolute Gasteiger partial charge is 0.0376 e. The Labute approximate surface area is 116 Å². The van der Waals surface area contributed by atoms with Crippen molar-refractivity contribution in [3.05, 3.63) is 30.1 Å². The van der Waals surface area contributed by atoms with E-state index in [1.165, 1.54) is 44.1 Å². The summed E-state index contributed by atoms with van der Waals surface area (Å²) in [5.74, 6) is 3.05. The molecule has 5 rings (SSSR count). The first-order valence-corrected chi connectivity index (χ1v) is 7.86. The summed E-state index contributed by atoms with van der Waals surface area (Å²) < 4.78 is 0. The molecule has 102 valence electrons. The van der Waals surface area contributed by atoms with Crippen LogP contribution >= 0.6 is 0 Å². The van der Waals surface area contributed by atoms with Crippen molar-refractivity contribution in [2.24, 2.45) is 23.2 Å². The maximum atomic E-state index is 4.18. The van der Waals surface area contributed by atoms with Gasteiger partial charge in [-0.3, -0.25) is 4.98 Å². The Kier molecular flexibility index (Phi) is 2.70. The van der Waals surface area contributed by atoms with Gasteiger partial charge in [-0.25, -0.2) is 0 Å². The van der Waals surface area contributed by atoms with Crippen molar-refractivity contribution in [2.75, 3.05) is 7.05 Å². The number of nitrogens with zero attached hydrogens (tertiary/aromatic N) is 1. The Morgan fingerprint density at radius 3 is 2.05 bits per heavy atom. The Bertz CT molecular complexity index is 418. The van der Waals surface area contributed by atoms with Crippen LogP contribution in [0, 0.1) is 23.2 Å². The second kappa shape index (κ2) is 4.31. The van der Waals surface area contributed by atoms with Gasteiger partial charge in [0.15, 0.2) is 0 Å². The maximum Gasteiger partial charge on any atom is 0.0376 e. The van der Waals surface area contributed by atoms with E-state index in [9.17, 15) is 0 Å². The molecule has 2 heteroatoms. The van der Waals surface area contributed by atoms with E-state index < -0.39 is 0 Å². The molecule has 0 aromatic carbocycles. The van der Waals surface area contributed by atoms with E-state index in [4.69, 9.17) is 0 Å². The minimum absolute atomic E-state index is 0.531. The van der Waals surface area contributed by atoms with Crippen LogP contribution in [0.15, 0.2) is 24.5 Å². The average molecular weight is 256 g/mol. The van der Waals surface area contributed by atoms with Crippen LogP contribution in [0.3, 0.4) is 0 Å². The molecule has 0 amide bonds. The van der Waals surface area contributed by atoms with Crippen LogP contribution < -0.4 is 5.32 Å². The lowest BCUT2D eigenvalue weighted by atomic mass is 9.47. The molecule has 2 nitrogen and oxygen atoms in total. The van der Waals surface area contributed by atoms with Crippen LogP contribution in [0.1, 0.15) is 50.1 Å². The van der Waals surface area contributed by atoms with Gasteiger partial charge in [0.25, 0.3) is 0 Å². The number of hydrogen-bond acceptors (Lipinski definition) is 2. The van der Waals surface area contributed by atoms with Gasteiger partial charge in [0.05, 0.1) is 0 Å². The summed E-state index contributed by atoms with van der Waals surface area (Å²) in [4.78, 5) is 4.18. The Balaban J connectivity index is 1.70. The first kappa shape index (κ1) is 11.9. The van der Waals surface area contributed by atoms with Gasteiger partial charge in [-0.1, -0.05) is 0 Å². The third-order valence-corrected chi connectivity index (χ3v) is 6.03. The highest BCUT2D eigenvalue weighted by atomic mass is 14.9. The van der Waals surface area contributed by atoms with Gasteiger partial charge >= 0.3 is 0 Å². The van der Waals surface area contributed by atoms with Crippen molar-refractivity contribution in [2.45, 2.75) is 44.6 Å². The third-order valence-electron chi connectivity index (χ3n) is 6.03. The molecule has 1 N–H and O–H groups in total. The van der Waals surface area contributed by atoms with E-state index in [-0.39, 0.29) is 0 Å². The first-order valence-electron chi connectivity index (χ1n) is 7.86. The SMILES string of the molecule is CNC(c1ccncc1)C12CC3CC(CC(C3)C1)C2. The number of hydrogen-bond donors (Lipinski definition) is 1. The molecule has 19 heavy (non-hydrogen) atoms. The zero-order valence-electron chi connectivity index (χ0n) is 11.8. The van der Waals surface area contributed by atoms with E-state index >= 15 is 0 Å². The van der Waals surface area contributed by atoms with Gasteiger partial charge in [0.1, 0.15) is 0 Å². The normalized spacial score (nSPS) is 41.4. The summed E-state index contributed by atoms with van der Waals surface area (Å²) in [6.45, 7) is 0.